The van der Waals surface area contributed by atoms with Crippen LogP contribution in [-0.4, -0.2) is 41.0 Å². The van der Waals surface area contributed by atoms with Crippen LogP contribution in [0.2, 0.25) is 5.02 Å². The maximum absolute atomic E-state index is 13.0. The van der Waals surface area contributed by atoms with Crippen molar-refractivity contribution < 1.29 is 14.3 Å². The third-order valence-electron chi connectivity index (χ3n) is 5.13. The number of para-hydroxylation sites is 1. The van der Waals surface area contributed by atoms with Crippen molar-refractivity contribution >= 4 is 34.4 Å². The molecule has 0 saturated carbocycles. The summed E-state index contributed by atoms with van der Waals surface area (Å²) in [6.45, 7) is 3.07. The topological polar surface area (TPSA) is 59.5 Å². The van der Waals surface area contributed by atoms with Crippen molar-refractivity contribution in [3.05, 3.63) is 65.2 Å². The van der Waals surface area contributed by atoms with Gasteiger partial charge in [0.15, 0.2) is 6.10 Å². The quantitative estimate of drug-likeness (QED) is 0.586. The summed E-state index contributed by atoms with van der Waals surface area (Å²) in [7, 11) is 0. The molecule has 0 spiro atoms. The molecule has 1 amide bonds. The van der Waals surface area contributed by atoms with Gasteiger partial charge in [0.2, 0.25) is 0 Å². The van der Waals surface area contributed by atoms with Crippen molar-refractivity contribution in [2.24, 2.45) is 0 Å². The third kappa shape index (κ3) is 4.10. The number of esters is 1. The van der Waals surface area contributed by atoms with Crippen LogP contribution < -0.4 is 0 Å². The molecule has 3 aromatic rings. The Balaban J connectivity index is 1.67. The molecule has 5 nitrogen and oxygen atoms in total. The SMILES string of the molecule is CC(OC(=O)c1cc(-c2ccc(Cl)cc2)nc2ccccc12)C(=O)N1CCCC1. The molecule has 148 valence electrons. The summed E-state index contributed by atoms with van der Waals surface area (Å²) in [6, 6.07) is 16.4. The molecule has 0 radical (unpaired) electrons. The predicted molar refractivity (Wildman–Crippen MR) is 113 cm³/mol. The second-order valence-electron chi connectivity index (χ2n) is 7.16. The first-order valence-electron chi connectivity index (χ1n) is 9.68. The van der Waals surface area contributed by atoms with Gasteiger partial charge in [-0.1, -0.05) is 41.9 Å². The van der Waals surface area contributed by atoms with Gasteiger partial charge >= 0.3 is 5.97 Å². The van der Waals surface area contributed by atoms with Crippen molar-refractivity contribution in [2.45, 2.75) is 25.9 Å². The summed E-state index contributed by atoms with van der Waals surface area (Å²) in [4.78, 5) is 31.9. The highest BCUT2D eigenvalue weighted by molar-refractivity contribution is 6.30. The number of hydrogen-bond donors (Lipinski definition) is 0. The minimum absolute atomic E-state index is 0.146. The average molecular weight is 409 g/mol. The lowest BCUT2D eigenvalue weighted by Gasteiger charge is -2.20. The van der Waals surface area contributed by atoms with Crippen LogP contribution in [0.15, 0.2) is 54.6 Å². The number of benzene rings is 2. The summed E-state index contributed by atoms with van der Waals surface area (Å²) in [5.74, 6) is -0.675. The molecule has 2 aromatic carbocycles. The maximum atomic E-state index is 13.0. The molecule has 0 aliphatic carbocycles. The minimum atomic E-state index is -0.827. The zero-order valence-corrected chi connectivity index (χ0v) is 16.9. The van der Waals surface area contributed by atoms with E-state index >= 15 is 0 Å². The van der Waals surface area contributed by atoms with Gasteiger partial charge in [-0.2, -0.15) is 0 Å². The van der Waals surface area contributed by atoms with Gasteiger partial charge in [0.05, 0.1) is 16.8 Å². The normalized spacial score (nSPS) is 14.8. The Morgan fingerprint density at radius 3 is 2.48 bits per heavy atom. The molecule has 1 atom stereocenters. The molecular weight excluding hydrogens is 388 g/mol. The number of carbonyl (C=O) groups excluding carboxylic acids is 2. The zero-order chi connectivity index (χ0) is 20.4. The van der Waals surface area contributed by atoms with Crippen LogP contribution in [0.5, 0.6) is 0 Å². The molecule has 29 heavy (non-hydrogen) atoms. The number of carbonyl (C=O) groups is 2. The number of halogens is 1. The summed E-state index contributed by atoms with van der Waals surface area (Å²) in [6.07, 6.45) is 1.16. The van der Waals surface area contributed by atoms with Gasteiger partial charge in [-0.3, -0.25) is 4.79 Å². The van der Waals surface area contributed by atoms with Crippen molar-refractivity contribution in [3.8, 4) is 11.3 Å². The minimum Gasteiger partial charge on any atom is -0.449 e. The Morgan fingerprint density at radius 2 is 1.76 bits per heavy atom. The van der Waals surface area contributed by atoms with Gasteiger partial charge in [0, 0.05) is 29.1 Å². The lowest BCUT2D eigenvalue weighted by Crippen LogP contribution is -2.38. The maximum Gasteiger partial charge on any atom is 0.339 e. The number of ether oxygens (including phenoxy) is 1. The Hall–Kier alpha value is -2.92. The molecule has 2 heterocycles. The third-order valence-corrected chi connectivity index (χ3v) is 5.38. The molecule has 4 rings (SSSR count). The van der Waals surface area contributed by atoms with Gasteiger partial charge in [-0.05, 0) is 44.0 Å². The average Bonchev–Trinajstić information content (AvgIpc) is 3.27. The highest BCUT2D eigenvalue weighted by Crippen LogP contribution is 2.27. The zero-order valence-electron chi connectivity index (χ0n) is 16.1. The molecule has 1 saturated heterocycles. The molecule has 1 aliphatic rings. The number of hydrogen-bond acceptors (Lipinski definition) is 4. The van der Waals surface area contributed by atoms with Gasteiger partial charge in [0.25, 0.3) is 5.91 Å². The Labute approximate surface area is 174 Å². The van der Waals surface area contributed by atoms with Crippen molar-refractivity contribution in [1.82, 2.24) is 9.88 Å². The summed E-state index contributed by atoms with van der Waals surface area (Å²) in [5.41, 5.74) is 2.56. The van der Waals surface area contributed by atoms with E-state index in [0.29, 0.717) is 27.2 Å². The van der Waals surface area contributed by atoms with Crippen LogP contribution >= 0.6 is 11.6 Å². The highest BCUT2D eigenvalue weighted by atomic mass is 35.5. The van der Waals surface area contributed by atoms with E-state index in [2.05, 4.69) is 4.98 Å². The van der Waals surface area contributed by atoms with Crippen molar-refractivity contribution in [3.63, 3.8) is 0 Å². The molecule has 0 N–H and O–H groups in total. The fourth-order valence-corrected chi connectivity index (χ4v) is 3.71. The first kappa shape index (κ1) is 19.4. The van der Waals surface area contributed by atoms with Crippen LogP contribution in [0.25, 0.3) is 22.2 Å². The van der Waals surface area contributed by atoms with E-state index in [-0.39, 0.29) is 5.91 Å². The first-order chi connectivity index (χ1) is 14.0. The summed E-state index contributed by atoms with van der Waals surface area (Å²) < 4.78 is 5.55. The van der Waals surface area contributed by atoms with Crippen LogP contribution in [0.3, 0.4) is 0 Å². The molecule has 1 aromatic heterocycles. The van der Waals surface area contributed by atoms with Gasteiger partial charge in [-0.25, -0.2) is 9.78 Å². The van der Waals surface area contributed by atoms with E-state index in [4.69, 9.17) is 16.3 Å². The van der Waals surface area contributed by atoms with E-state index in [0.717, 1.165) is 31.5 Å². The second kappa shape index (κ2) is 8.21. The van der Waals surface area contributed by atoms with E-state index in [9.17, 15) is 9.59 Å². The van der Waals surface area contributed by atoms with Crippen LogP contribution in [0.1, 0.15) is 30.1 Å². The Bertz CT molecular complexity index is 1060. The molecule has 1 unspecified atom stereocenters. The lowest BCUT2D eigenvalue weighted by molar-refractivity contribution is -0.138. The lowest BCUT2D eigenvalue weighted by atomic mass is 10.0. The van der Waals surface area contributed by atoms with Gasteiger partial charge < -0.3 is 9.64 Å². The number of rotatable bonds is 4. The number of pyridine rings is 1. The van der Waals surface area contributed by atoms with E-state index in [1.54, 1.807) is 30.0 Å². The standard InChI is InChI=1S/C23H21ClN2O3/c1-15(22(27)26-12-4-5-13-26)29-23(28)19-14-21(16-8-10-17(24)11-9-16)25-20-7-3-2-6-18(19)20/h2-3,6-11,14-15H,4-5,12-13H2,1H3. The fourth-order valence-electron chi connectivity index (χ4n) is 3.58. The predicted octanol–water partition coefficient (Wildman–Crippen LogP) is 4.72. The molecular formula is C23H21ClN2O3. The van der Waals surface area contributed by atoms with E-state index < -0.39 is 12.1 Å². The van der Waals surface area contributed by atoms with Crippen LogP contribution in [0, 0.1) is 0 Å². The molecule has 6 heteroatoms. The molecule has 0 bridgehead atoms. The van der Waals surface area contributed by atoms with Crippen molar-refractivity contribution in [1.29, 1.82) is 0 Å². The Kier molecular flexibility index (Phi) is 5.49. The van der Waals surface area contributed by atoms with E-state index in [1.165, 1.54) is 0 Å². The monoisotopic (exact) mass is 408 g/mol. The summed E-state index contributed by atoms with van der Waals surface area (Å²) >= 11 is 5.99. The smallest absolute Gasteiger partial charge is 0.339 e. The van der Waals surface area contributed by atoms with Crippen molar-refractivity contribution in [2.75, 3.05) is 13.1 Å². The molecule has 1 fully saturated rings. The van der Waals surface area contributed by atoms with E-state index in [1.807, 2.05) is 36.4 Å². The largest absolute Gasteiger partial charge is 0.449 e. The number of amides is 1. The van der Waals surface area contributed by atoms with Crippen LogP contribution in [0.4, 0.5) is 0 Å². The fraction of sp³-hybridized carbons (Fsp3) is 0.261. The summed E-state index contributed by atoms with van der Waals surface area (Å²) in [5, 5.41) is 1.32. The number of fused-ring (bicyclic) bond motifs is 1. The molecule has 1 aliphatic heterocycles. The van der Waals surface area contributed by atoms with Crippen LogP contribution in [-0.2, 0) is 9.53 Å². The van der Waals surface area contributed by atoms with Gasteiger partial charge in [-0.15, -0.1) is 0 Å². The number of aromatic nitrogens is 1. The number of nitrogens with zero attached hydrogens (tertiary/aromatic N) is 2. The Morgan fingerprint density at radius 1 is 1.07 bits per heavy atom. The van der Waals surface area contributed by atoms with Gasteiger partial charge in [0.1, 0.15) is 0 Å². The first-order valence-corrected chi connectivity index (χ1v) is 10.1. The highest BCUT2D eigenvalue weighted by Gasteiger charge is 2.27. The number of likely N-dealkylation sites (tertiary alicyclic amines) is 1. The second-order valence-corrected chi connectivity index (χ2v) is 7.60.